The summed E-state index contributed by atoms with van der Waals surface area (Å²) in [7, 11) is 1.57. The lowest BCUT2D eigenvalue weighted by Crippen LogP contribution is -2.39. The Morgan fingerprint density at radius 3 is 2.81 bits per heavy atom. The van der Waals surface area contributed by atoms with Gasteiger partial charge in [-0.15, -0.1) is 0 Å². The van der Waals surface area contributed by atoms with Gasteiger partial charge < -0.3 is 19.9 Å². The van der Waals surface area contributed by atoms with Crippen LogP contribution in [0.2, 0.25) is 0 Å². The van der Waals surface area contributed by atoms with E-state index in [1.54, 1.807) is 7.11 Å². The molecule has 5 nitrogen and oxygen atoms in total. The van der Waals surface area contributed by atoms with E-state index in [2.05, 4.69) is 5.32 Å². The van der Waals surface area contributed by atoms with Gasteiger partial charge in [-0.3, -0.25) is 4.79 Å². The molecule has 5 heteroatoms. The molecule has 1 atom stereocenters. The summed E-state index contributed by atoms with van der Waals surface area (Å²) in [6, 6.07) is 5.83. The summed E-state index contributed by atoms with van der Waals surface area (Å²) >= 11 is 0. The number of hydrogen-bond donors (Lipinski definition) is 2. The van der Waals surface area contributed by atoms with E-state index in [9.17, 15) is 4.79 Å². The van der Waals surface area contributed by atoms with E-state index in [0.717, 1.165) is 16.9 Å². The van der Waals surface area contributed by atoms with Gasteiger partial charge in [0.2, 0.25) is 5.91 Å². The summed E-state index contributed by atoms with van der Waals surface area (Å²) in [6.45, 7) is 4.72. The molecule has 0 heterocycles. The maximum Gasteiger partial charge on any atom is 0.223 e. The van der Waals surface area contributed by atoms with Crippen LogP contribution in [0.15, 0.2) is 18.2 Å². The summed E-state index contributed by atoms with van der Waals surface area (Å²) in [5.41, 5.74) is 2.18. The number of carbonyl (C=O) groups is 1. The van der Waals surface area contributed by atoms with Crippen molar-refractivity contribution < 1.29 is 19.4 Å². The van der Waals surface area contributed by atoms with Crippen LogP contribution in [-0.4, -0.2) is 44.0 Å². The summed E-state index contributed by atoms with van der Waals surface area (Å²) in [5, 5.41) is 11.8. The molecule has 1 amide bonds. The van der Waals surface area contributed by atoms with Crippen molar-refractivity contribution in [1.82, 2.24) is 5.32 Å². The number of ether oxygens (including phenoxy) is 2. The van der Waals surface area contributed by atoms with E-state index in [1.165, 1.54) is 0 Å². The average molecular weight is 295 g/mol. The Bertz CT molecular complexity index is 442. The molecule has 0 aromatic heterocycles. The van der Waals surface area contributed by atoms with Gasteiger partial charge in [-0.05, 0) is 37.5 Å². The Morgan fingerprint density at radius 1 is 1.38 bits per heavy atom. The lowest BCUT2D eigenvalue weighted by atomic mass is 10.1. The third-order valence-electron chi connectivity index (χ3n) is 3.14. The molecule has 1 unspecified atom stereocenters. The summed E-state index contributed by atoms with van der Waals surface area (Å²) in [5.74, 6) is 0.711. The monoisotopic (exact) mass is 295 g/mol. The second-order valence-corrected chi connectivity index (χ2v) is 5.10. The third-order valence-corrected chi connectivity index (χ3v) is 3.14. The largest absolute Gasteiger partial charge is 0.493 e. The predicted molar refractivity (Wildman–Crippen MR) is 81.5 cm³/mol. The molecule has 0 bridgehead atoms. The van der Waals surface area contributed by atoms with Crippen LogP contribution >= 0.6 is 0 Å². The van der Waals surface area contributed by atoms with E-state index in [0.29, 0.717) is 19.6 Å². The first-order chi connectivity index (χ1) is 10.1. The molecular weight excluding hydrogens is 270 g/mol. The smallest absolute Gasteiger partial charge is 0.223 e. The minimum Gasteiger partial charge on any atom is -0.493 e. The van der Waals surface area contributed by atoms with Gasteiger partial charge in [0.05, 0.1) is 25.7 Å². The molecule has 0 spiro atoms. The summed E-state index contributed by atoms with van der Waals surface area (Å²) in [4.78, 5) is 11.8. The van der Waals surface area contributed by atoms with Crippen molar-refractivity contribution in [2.75, 3.05) is 26.9 Å². The number of aryl methyl sites for hydroxylation is 2. The summed E-state index contributed by atoms with van der Waals surface area (Å²) < 4.78 is 10.7. The normalized spacial score (nSPS) is 12.0. The topological polar surface area (TPSA) is 67.8 Å². The Labute approximate surface area is 126 Å². The highest BCUT2D eigenvalue weighted by Crippen LogP contribution is 2.19. The number of aliphatic hydroxyl groups is 1. The van der Waals surface area contributed by atoms with Crippen LogP contribution in [0.3, 0.4) is 0 Å². The molecule has 21 heavy (non-hydrogen) atoms. The van der Waals surface area contributed by atoms with E-state index in [-0.39, 0.29) is 25.0 Å². The predicted octanol–water partition coefficient (Wildman–Crippen LogP) is 1.59. The zero-order chi connectivity index (χ0) is 15.7. The van der Waals surface area contributed by atoms with E-state index in [4.69, 9.17) is 14.6 Å². The van der Waals surface area contributed by atoms with Gasteiger partial charge in [0.1, 0.15) is 5.75 Å². The summed E-state index contributed by atoms with van der Waals surface area (Å²) in [6.07, 6.45) is 0.760. The number of benzene rings is 1. The van der Waals surface area contributed by atoms with E-state index in [1.807, 2.05) is 32.0 Å². The Balaban J connectivity index is 2.37. The molecule has 0 fully saturated rings. The maximum absolute atomic E-state index is 11.8. The van der Waals surface area contributed by atoms with Gasteiger partial charge in [-0.2, -0.15) is 0 Å². The first-order valence-electron chi connectivity index (χ1n) is 7.16. The Hall–Kier alpha value is -1.59. The molecular formula is C16H25NO4. The van der Waals surface area contributed by atoms with Gasteiger partial charge in [0.15, 0.2) is 0 Å². The zero-order valence-electron chi connectivity index (χ0n) is 13.0. The number of hydrogen-bond acceptors (Lipinski definition) is 4. The number of carbonyl (C=O) groups excluding carboxylic acids is 1. The lowest BCUT2D eigenvalue weighted by molar-refractivity contribution is -0.122. The molecule has 1 aromatic carbocycles. The van der Waals surface area contributed by atoms with Crippen LogP contribution in [0.1, 0.15) is 24.0 Å². The van der Waals surface area contributed by atoms with Crippen LogP contribution in [0.25, 0.3) is 0 Å². The standard InChI is InChI=1S/C16H25NO4/c1-12-4-5-13(2)15(10-12)21-9-7-16(19)17-14(6-8-18)11-20-3/h4-5,10,14,18H,6-9,11H2,1-3H3,(H,17,19). The molecule has 0 aliphatic heterocycles. The second-order valence-electron chi connectivity index (χ2n) is 5.10. The minimum atomic E-state index is -0.159. The van der Waals surface area contributed by atoms with Gasteiger partial charge in [0, 0.05) is 13.7 Å². The molecule has 1 rings (SSSR count). The van der Waals surface area contributed by atoms with Gasteiger partial charge in [-0.1, -0.05) is 12.1 Å². The van der Waals surface area contributed by atoms with Gasteiger partial charge in [0.25, 0.3) is 0 Å². The van der Waals surface area contributed by atoms with Crippen LogP contribution < -0.4 is 10.1 Å². The number of methoxy groups -OCH3 is 1. The molecule has 0 aliphatic carbocycles. The molecule has 0 saturated carbocycles. The molecule has 0 aliphatic rings. The van der Waals surface area contributed by atoms with Gasteiger partial charge in [-0.25, -0.2) is 0 Å². The second kappa shape index (κ2) is 9.37. The number of rotatable bonds is 9. The highest BCUT2D eigenvalue weighted by Gasteiger charge is 2.11. The maximum atomic E-state index is 11.8. The fourth-order valence-corrected chi connectivity index (χ4v) is 1.97. The quantitative estimate of drug-likeness (QED) is 0.726. The lowest BCUT2D eigenvalue weighted by Gasteiger charge is -2.17. The van der Waals surface area contributed by atoms with Crippen LogP contribution in [0.4, 0.5) is 0 Å². The van der Waals surface area contributed by atoms with Crippen LogP contribution in [-0.2, 0) is 9.53 Å². The van der Waals surface area contributed by atoms with Crippen molar-refractivity contribution in [3.05, 3.63) is 29.3 Å². The molecule has 118 valence electrons. The number of amides is 1. The van der Waals surface area contributed by atoms with Crippen molar-refractivity contribution in [3.63, 3.8) is 0 Å². The van der Waals surface area contributed by atoms with E-state index < -0.39 is 0 Å². The average Bonchev–Trinajstić information content (AvgIpc) is 2.43. The molecule has 0 saturated heterocycles. The Kier molecular flexibility index (Phi) is 7.79. The highest BCUT2D eigenvalue weighted by molar-refractivity contribution is 5.76. The van der Waals surface area contributed by atoms with Crippen molar-refractivity contribution in [2.45, 2.75) is 32.7 Å². The van der Waals surface area contributed by atoms with Crippen molar-refractivity contribution in [2.24, 2.45) is 0 Å². The zero-order valence-corrected chi connectivity index (χ0v) is 13.0. The fraction of sp³-hybridized carbons (Fsp3) is 0.562. The molecule has 2 N–H and O–H groups in total. The number of aliphatic hydroxyl groups excluding tert-OH is 1. The van der Waals surface area contributed by atoms with E-state index >= 15 is 0 Å². The van der Waals surface area contributed by atoms with Crippen LogP contribution in [0.5, 0.6) is 5.75 Å². The van der Waals surface area contributed by atoms with Crippen molar-refractivity contribution >= 4 is 5.91 Å². The first-order valence-corrected chi connectivity index (χ1v) is 7.16. The molecule has 0 radical (unpaired) electrons. The van der Waals surface area contributed by atoms with Crippen molar-refractivity contribution in [3.8, 4) is 5.75 Å². The van der Waals surface area contributed by atoms with Gasteiger partial charge >= 0.3 is 0 Å². The van der Waals surface area contributed by atoms with Crippen LogP contribution in [0, 0.1) is 13.8 Å². The molecule has 1 aromatic rings. The van der Waals surface area contributed by atoms with Crippen molar-refractivity contribution in [1.29, 1.82) is 0 Å². The number of nitrogens with one attached hydrogen (secondary N) is 1. The minimum absolute atomic E-state index is 0.0211. The highest BCUT2D eigenvalue weighted by atomic mass is 16.5. The third kappa shape index (κ3) is 6.60. The first kappa shape index (κ1) is 17.5. The fourth-order valence-electron chi connectivity index (χ4n) is 1.97. The Morgan fingerprint density at radius 2 is 2.14 bits per heavy atom. The SMILES string of the molecule is COCC(CCO)NC(=O)CCOc1cc(C)ccc1C.